The normalized spacial score (nSPS) is 25.9. The summed E-state index contributed by atoms with van der Waals surface area (Å²) in [6.07, 6.45) is 2.41. The third-order valence-electron chi connectivity index (χ3n) is 9.14. The molecular formula is C29H32N6O3. The van der Waals surface area contributed by atoms with E-state index in [4.69, 9.17) is 9.72 Å². The average Bonchev–Trinajstić information content (AvgIpc) is 3.33. The van der Waals surface area contributed by atoms with E-state index in [1.807, 2.05) is 58.3 Å². The van der Waals surface area contributed by atoms with Crippen LogP contribution >= 0.6 is 0 Å². The van der Waals surface area contributed by atoms with Gasteiger partial charge in [-0.25, -0.2) is 4.98 Å². The van der Waals surface area contributed by atoms with Crippen LogP contribution in [0.1, 0.15) is 36.5 Å². The second kappa shape index (κ2) is 8.24. The molecule has 2 aromatic heterocycles. The molecule has 9 nitrogen and oxygen atoms in total. The summed E-state index contributed by atoms with van der Waals surface area (Å²) in [7, 11) is 0. The van der Waals surface area contributed by atoms with Crippen LogP contribution in [0, 0.1) is 29.6 Å². The Morgan fingerprint density at radius 2 is 1.55 bits per heavy atom. The Morgan fingerprint density at radius 1 is 0.868 bits per heavy atom. The van der Waals surface area contributed by atoms with E-state index in [0.29, 0.717) is 58.9 Å². The number of nitrogens with zero attached hydrogens (tertiary/aromatic N) is 5. The molecule has 38 heavy (non-hydrogen) atoms. The van der Waals surface area contributed by atoms with Crippen LogP contribution in [0.2, 0.25) is 0 Å². The Hall–Kier alpha value is -4.01. The topological polar surface area (TPSA) is 104 Å². The van der Waals surface area contributed by atoms with Gasteiger partial charge in [0.15, 0.2) is 0 Å². The van der Waals surface area contributed by atoms with Crippen LogP contribution in [0.25, 0.3) is 21.8 Å². The minimum atomic E-state index is -0.0201. The highest BCUT2D eigenvalue weighted by molar-refractivity contribution is 5.99. The summed E-state index contributed by atoms with van der Waals surface area (Å²) in [6.45, 7) is 3.61. The summed E-state index contributed by atoms with van der Waals surface area (Å²) in [6, 6.07) is 15.3. The maximum Gasteiger partial charge on any atom is 0.272 e. The van der Waals surface area contributed by atoms with Gasteiger partial charge in [-0.1, -0.05) is 18.2 Å². The van der Waals surface area contributed by atoms with Crippen molar-refractivity contribution in [3.05, 3.63) is 59.8 Å². The van der Waals surface area contributed by atoms with Gasteiger partial charge in [0, 0.05) is 40.0 Å². The highest BCUT2D eigenvalue weighted by Gasteiger charge is 2.59. The second-order valence-electron chi connectivity index (χ2n) is 11.4. The quantitative estimate of drug-likeness (QED) is 0.435. The zero-order valence-electron chi connectivity index (χ0n) is 20.9. The van der Waals surface area contributed by atoms with E-state index in [2.05, 4.69) is 15.4 Å². The summed E-state index contributed by atoms with van der Waals surface area (Å²) in [5.41, 5.74) is 2.56. The van der Waals surface area contributed by atoms with E-state index in [1.165, 1.54) is 12.8 Å². The predicted molar refractivity (Wildman–Crippen MR) is 144 cm³/mol. The van der Waals surface area contributed by atoms with E-state index in [9.17, 15) is 9.59 Å². The van der Waals surface area contributed by atoms with Crippen LogP contribution in [0.15, 0.2) is 48.5 Å². The van der Waals surface area contributed by atoms with Crippen molar-refractivity contribution in [3.8, 4) is 5.88 Å². The third kappa shape index (κ3) is 3.48. The van der Waals surface area contributed by atoms with Crippen molar-refractivity contribution in [1.82, 2.24) is 30.2 Å². The van der Waals surface area contributed by atoms with Crippen molar-refractivity contribution in [3.63, 3.8) is 0 Å². The molecule has 196 valence electrons. The van der Waals surface area contributed by atoms with E-state index in [0.717, 1.165) is 42.5 Å². The Balaban J connectivity index is 0.00000145. The SMILES string of the molecule is O=C(c1ccc2n[nH]nc2c1)N1C[C@@H]2C3CN(C(=O)c4cc5ccccc5c(OCC5CC5)n4)CC3[C@@H]2C1.[HH].[HH]. The van der Waals surface area contributed by atoms with Crippen molar-refractivity contribution < 1.29 is 17.2 Å². The molecule has 4 fully saturated rings. The molecule has 2 amide bonds. The van der Waals surface area contributed by atoms with Gasteiger partial charge in [-0.05, 0) is 78.1 Å². The summed E-state index contributed by atoms with van der Waals surface area (Å²) in [5.74, 6) is 2.97. The zero-order chi connectivity index (χ0) is 25.4. The molecule has 2 aliphatic carbocycles. The van der Waals surface area contributed by atoms with E-state index < -0.39 is 0 Å². The smallest absolute Gasteiger partial charge is 0.272 e. The Morgan fingerprint density at radius 3 is 2.29 bits per heavy atom. The maximum absolute atomic E-state index is 13.6. The number of nitrogens with one attached hydrogen (secondary N) is 1. The fourth-order valence-corrected chi connectivity index (χ4v) is 6.89. The minimum Gasteiger partial charge on any atom is -0.477 e. The molecule has 4 aromatic rings. The first-order valence-corrected chi connectivity index (χ1v) is 13.5. The number of aromatic amines is 1. The van der Waals surface area contributed by atoms with Crippen LogP contribution in [-0.2, 0) is 0 Å². The molecule has 2 aliphatic heterocycles. The van der Waals surface area contributed by atoms with Gasteiger partial charge >= 0.3 is 0 Å². The third-order valence-corrected chi connectivity index (χ3v) is 9.14. The first-order chi connectivity index (χ1) is 18.6. The first-order valence-electron chi connectivity index (χ1n) is 13.5. The molecule has 4 aliphatic rings. The van der Waals surface area contributed by atoms with Crippen LogP contribution in [0.3, 0.4) is 0 Å². The predicted octanol–water partition coefficient (Wildman–Crippen LogP) is 3.88. The summed E-state index contributed by atoms with van der Waals surface area (Å²) in [5, 5.41) is 12.7. The molecule has 1 N–H and O–H groups in total. The number of carbonyl (C=O) groups is 2. The molecule has 8 rings (SSSR count). The monoisotopic (exact) mass is 512 g/mol. The van der Waals surface area contributed by atoms with Gasteiger partial charge in [-0.3, -0.25) is 9.59 Å². The molecule has 0 spiro atoms. The van der Waals surface area contributed by atoms with Gasteiger partial charge in [0.25, 0.3) is 11.8 Å². The van der Waals surface area contributed by atoms with Crippen molar-refractivity contribution in [2.45, 2.75) is 12.8 Å². The second-order valence-corrected chi connectivity index (χ2v) is 11.4. The lowest BCUT2D eigenvalue weighted by Crippen LogP contribution is -2.44. The number of benzene rings is 2. The van der Waals surface area contributed by atoms with Crippen LogP contribution < -0.4 is 4.74 Å². The van der Waals surface area contributed by atoms with E-state index >= 15 is 0 Å². The highest BCUT2D eigenvalue weighted by Crippen LogP contribution is 2.54. The number of hydrogen-bond acceptors (Lipinski definition) is 6. The summed E-state index contributed by atoms with van der Waals surface area (Å²) >= 11 is 0. The molecular weight excluding hydrogens is 480 g/mol. The number of ether oxygens (including phenoxy) is 1. The standard InChI is InChI=1S/C29H28N6O3.2H2/c36-28(18-7-8-24-25(10-18)32-33-31-24)34-11-20-21(12-34)23-14-35(13-22(20)23)29(37)26-9-17-3-1-2-4-19(17)27(30-26)38-15-16-5-6-16;;/h1-4,7-10,16,20-23H,5-6,11-15H2,(H,31,32,33);2*1H/t20-,21+,22?,23?;;. The fraction of sp³-hybridized carbons (Fsp3) is 0.414. The molecule has 2 saturated heterocycles. The summed E-state index contributed by atoms with van der Waals surface area (Å²) in [4.78, 5) is 35.5. The highest BCUT2D eigenvalue weighted by atomic mass is 16.5. The largest absolute Gasteiger partial charge is 0.477 e. The number of aromatic nitrogens is 4. The summed E-state index contributed by atoms with van der Waals surface area (Å²) < 4.78 is 6.07. The van der Waals surface area contributed by atoms with Crippen molar-refractivity contribution >= 4 is 33.6 Å². The molecule has 4 heterocycles. The Kier molecular flexibility index (Phi) is 4.78. The van der Waals surface area contributed by atoms with Crippen molar-refractivity contribution in [2.75, 3.05) is 32.8 Å². The number of carbonyl (C=O) groups excluding carboxylic acids is 2. The van der Waals surface area contributed by atoms with E-state index in [1.54, 1.807) is 0 Å². The molecule has 0 radical (unpaired) electrons. The molecule has 2 aromatic carbocycles. The molecule has 0 bridgehead atoms. The number of amides is 2. The van der Waals surface area contributed by atoms with Gasteiger partial charge in [0.1, 0.15) is 16.7 Å². The Labute approximate surface area is 222 Å². The molecule has 9 heteroatoms. The van der Waals surface area contributed by atoms with Gasteiger partial charge in [-0.15, -0.1) is 0 Å². The van der Waals surface area contributed by atoms with Crippen molar-refractivity contribution in [2.24, 2.45) is 29.6 Å². The van der Waals surface area contributed by atoms with E-state index in [-0.39, 0.29) is 14.7 Å². The number of H-pyrrole nitrogens is 1. The molecule has 2 unspecified atom stereocenters. The lowest BCUT2D eigenvalue weighted by molar-refractivity contribution is 0.0629. The first kappa shape index (κ1) is 22.0. The van der Waals surface area contributed by atoms with Gasteiger partial charge in [0.2, 0.25) is 5.88 Å². The lowest BCUT2D eigenvalue weighted by Gasteiger charge is -2.42. The number of rotatable bonds is 5. The van der Waals surface area contributed by atoms with Crippen LogP contribution in [0.5, 0.6) is 5.88 Å². The molecule has 2 saturated carbocycles. The number of pyridine rings is 1. The van der Waals surface area contributed by atoms with Gasteiger partial charge in [-0.2, -0.15) is 15.4 Å². The van der Waals surface area contributed by atoms with Crippen molar-refractivity contribution in [1.29, 1.82) is 0 Å². The zero-order valence-corrected chi connectivity index (χ0v) is 20.9. The number of hydrogen-bond donors (Lipinski definition) is 1. The van der Waals surface area contributed by atoms with Gasteiger partial charge in [0.05, 0.1) is 6.61 Å². The lowest BCUT2D eigenvalue weighted by atomic mass is 9.60. The Bertz CT molecular complexity index is 1590. The fourth-order valence-electron chi connectivity index (χ4n) is 6.89. The van der Waals surface area contributed by atoms with Crippen LogP contribution in [0.4, 0.5) is 0 Å². The van der Waals surface area contributed by atoms with Gasteiger partial charge < -0.3 is 14.5 Å². The van der Waals surface area contributed by atoms with Crippen LogP contribution in [-0.4, -0.2) is 74.8 Å². The average molecular weight is 513 g/mol. The maximum atomic E-state index is 13.6. The number of likely N-dealkylation sites (tertiary alicyclic amines) is 2. The molecule has 4 atom stereocenters. The number of fused-ring (bicyclic) bond motifs is 6. The minimum absolute atomic E-state index is 0.